The van der Waals surface area contributed by atoms with Gasteiger partial charge in [0.2, 0.25) is 0 Å². The lowest BCUT2D eigenvalue weighted by Crippen LogP contribution is -2.26. The zero-order valence-electron chi connectivity index (χ0n) is 9.86. The van der Waals surface area contributed by atoms with Crippen LogP contribution in [0.5, 0.6) is 0 Å². The standard InChI is InChI=1S/C11H21NO2S/c1-4-15-6-5-12-7-9(2)10(8-12)11(13)14-3/h9-10H,4-8H2,1-3H3. The number of hydrogen-bond donors (Lipinski definition) is 0. The summed E-state index contributed by atoms with van der Waals surface area (Å²) < 4.78 is 4.81. The highest BCUT2D eigenvalue weighted by Gasteiger charge is 2.34. The Morgan fingerprint density at radius 1 is 1.53 bits per heavy atom. The summed E-state index contributed by atoms with van der Waals surface area (Å²) in [6.07, 6.45) is 0. The van der Waals surface area contributed by atoms with Gasteiger partial charge in [0, 0.05) is 25.4 Å². The lowest BCUT2D eigenvalue weighted by Gasteiger charge is -2.14. The number of carbonyl (C=O) groups excluding carboxylic acids is 1. The number of nitrogens with zero attached hydrogens (tertiary/aromatic N) is 1. The second-order valence-corrected chi connectivity index (χ2v) is 5.46. The molecule has 1 aliphatic rings. The maximum Gasteiger partial charge on any atom is 0.310 e. The number of esters is 1. The van der Waals surface area contributed by atoms with Gasteiger partial charge in [-0.15, -0.1) is 0 Å². The van der Waals surface area contributed by atoms with Gasteiger partial charge in [-0.25, -0.2) is 0 Å². The summed E-state index contributed by atoms with van der Waals surface area (Å²) in [5.74, 6) is 2.81. The number of carbonyl (C=O) groups is 1. The Bertz CT molecular complexity index is 211. The van der Waals surface area contributed by atoms with Gasteiger partial charge in [0.05, 0.1) is 13.0 Å². The average molecular weight is 231 g/mol. The second kappa shape index (κ2) is 6.38. The van der Waals surface area contributed by atoms with Crippen molar-refractivity contribution in [3.05, 3.63) is 0 Å². The third kappa shape index (κ3) is 3.68. The van der Waals surface area contributed by atoms with E-state index in [1.165, 1.54) is 12.9 Å². The first-order chi connectivity index (χ1) is 7.19. The van der Waals surface area contributed by atoms with Crippen molar-refractivity contribution < 1.29 is 9.53 Å². The summed E-state index contributed by atoms with van der Waals surface area (Å²) in [7, 11) is 1.48. The topological polar surface area (TPSA) is 29.5 Å². The molecule has 4 heteroatoms. The van der Waals surface area contributed by atoms with E-state index in [2.05, 4.69) is 18.7 Å². The van der Waals surface area contributed by atoms with Crippen molar-refractivity contribution in [1.82, 2.24) is 4.90 Å². The van der Waals surface area contributed by atoms with Crippen LogP contribution in [0.15, 0.2) is 0 Å². The van der Waals surface area contributed by atoms with Gasteiger partial charge in [0.15, 0.2) is 0 Å². The van der Waals surface area contributed by atoms with Crippen molar-refractivity contribution in [1.29, 1.82) is 0 Å². The number of ether oxygens (including phenoxy) is 1. The van der Waals surface area contributed by atoms with Gasteiger partial charge in [0.25, 0.3) is 0 Å². The third-order valence-corrected chi connectivity index (χ3v) is 3.83. The highest BCUT2D eigenvalue weighted by Crippen LogP contribution is 2.24. The molecule has 1 rings (SSSR count). The van der Waals surface area contributed by atoms with Crippen LogP contribution < -0.4 is 0 Å². The molecular formula is C11H21NO2S. The lowest BCUT2D eigenvalue weighted by atomic mass is 9.99. The van der Waals surface area contributed by atoms with Crippen LogP contribution in [0.4, 0.5) is 0 Å². The predicted octanol–water partition coefficient (Wildman–Crippen LogP) is 1.48. The summed E-state index contributed by atoms with van der Waals surface area (Å²) in [4.78, 5) is 13.8. The van der Waals surface area contributed by atoms with Crippen LogP contribution in [-0.2, 0) is 9.53 Å². The maximum absolute atomic E-state index is 11.4. The van der Waals surface area contributed by atoms with Gasteiger partial charge in [-0.3, -0.25) is 4.79 Å². The van der Waals surface area contributed by atoms with Gasteiger partial charge in [-0.1, -0.05) is 13.8 Å². The monoisotopic (exact) mass is 231 g/mol. The SMILES string of the molecule is CCSCCN1CC(C)C(C(=O)OC)C1. The van der Waals surface area contributed by atoms with Crippen LogP contribution in [0.1, 0.15) is 13.8 Å². The smallest absolute Gasteiger partial charge is 0.310 e. The van der Waals surface area contributed by atoms with E-state index in [1.54, 1.807) is 0 Å². The van der Waals surface area contributed by atoms with Gasteiger partial charge >= 0.3 is 5.97 Å². The molecule has 1 heterocycles. The summed E-state index contributed by atoms with van der Waals surface area (Å²) in [6.45, 7) is 7.31. The summed E-state index contributed by atoms with van der Waals surface area (Å²) in [6, 6.07) is 0. The molecule has 1 saturated heterocycles. The van der Waals surface area contributed by atoms with E-state index in [0.717, 1.165) is 25.4 Å². The Kier molecular flexibility index (Phi) is 5.47. The third-order valence-electron chi connectivity index (χ3n) is 2.95. The van der Waals surface area contributed by atoms with Gasteiger partial charge in [-0.2, -0.15) is 11.8 Å². The zero-order chi connectivity index (χ0) is 11.3. The molecule has 0 aromatic carbocycles. The Morgan fingerprint density at radius 2 is 2.27 bits per heavy atom. The van der Waals surface area contributed by atoms with Crippen molar-refractivity contribution >= 4 is 17.7 Å². The van der Waals surface area contributed by atoms with E-state index in [9.17, 15) is 4.79 Å². The van der Waals surface area contributed by atoms with E-state index >= 15 is 0 Å². The van der Waals surface area contributed by atoms with Gasteiger partial charge in [-0.05, 0) is 11.7 Å². The predicted molar refractivity (Wildman–Crippen MR) is 64.1 cm³/mol. The molecule has 88 valence electrons. The minimum absolute atomic E-state index is 0.0480. The summed E-state index contributed by atoms with van der Waals surface area (Å²) >= 11 is 1.95. The molecular weight excluding hydrogens is 210 g/mol. The quantitative estimate of drug-likeness (QED) is 0.529. The highest BCUT2D eigenvalue weighted by atomic mass is 32.2. The van der Waals surface area contributed by atoms with Crippen molar-refractivity contribution in [3.8, 4) is 0 Å². The van der Waals surface area contributed by atoms with E-state index in [-0.39, 0.29) is 11.9 Å². The first kappa shape index (κ1) is 12.8. The highest BCUT2D eigenvalue weighted by molar-refractivity contribution is 7.99. The fourth-order valence-electron chi connectivity index (χ4n) is 2.05. The molecule has 0 amide bonds. The van der Waals surface area contributed by atoms with Crippen LogP contribution in [0, 0.1) is 11.8 Å². The fraction of sp³-hybridized carbons (Fsp3) is 0.909. The molecule has 0 saturated carbocycles. The van der Waals surface area contributed by atoms with E-state index in [0.29, 0.717) is 5.92 Å². The van der Waals surface area contributed by atoms with Crippen molar-refractivity contribution in [2.75, 3.05) is 38.2 Å². The summed E-state index contributed by atoms with van der Waals surface area (Å²) in [5, 5.41) is 0. The average Bonchev–Trinajstić information content (AvgIpc) is 2.59. The number of rotatable bonds is 5. The van der Waals surface area contributed by atoms with Crippen LogP contribution >= 0.6 is 11.8 Å². The van der Waals surface area contributed by atoms with Crippen LogP contribution in [0.2, 0.25) is 0 Å². The molecule has 15 heavy (non-hydrogen) atoms. The minimum atomic E-state index is -0.0480. The normalized spacial score (nSPS) is 26.9. The fourth-order valence-corrected chi connectivity index (χ4v) is 2.72. The Balaban J connectivity index is 2.31. The Morgan fingerprint density at radius 3 is 2.87 bits per heavy atom. The minimum Gasteiger partial charge on any atom is -0.469 e. The van der Waals surface area contributed by atoms with E-state index in [1.807, 2.05) is 11.8 Å². The van der Waals surface area contributed by atoms with Gasteiger partial charge in [0.1, 0.15) is 0 Å². The largest absolute Gasteiger partial charge is 0.469 e. The van der Waals surface area contributed by atoms with Crippen molar-refractivity contribution in [2.45, 2.75) is 13.8 Å². The number of likely N-dealkylation sites (tertiary alicyclic amines) is 1. The maximum atomic E-state index is 11.4. The molecule has 0 bridgehead atoms. The molecule has 0 aliphatic carbocycles. The van der Waals surface area contributed by atoms with Crippen LogP contribution in [0.25, 0.3) is 0 Å². The molecule has 0 N–H and O–H groups in total. The first-order valence-corrected chi connectivity index (χ1v) is 6.72. The molecule has 1 fully saturated rings. The molecule has 2 unspecified atom stereocenters. The van der Waals surface area contributed by atoms with Crippen molar-refractivity contribution in [2.24, 2.45) is 11.8 Å². The molecule has 0 aromatic heterocycles. The van der Waals surface area contributed by atoms with E-state index < -0.39 is 0 Å². The van der Waals surface area contributed by atoms with Crippen LogP contribution in [0.3, 0.4) is 0 Å². The van der Waals surface area contributed by atoms with E-state index in [4.69, 9.17) is 4.74 Å². The van der Waals surface area contributed by atoms with Crippen LogP contribution in [-0.4, -0.2) is 49.1 Å². The first-order valence-electron chi connectivity index (χ1n) is 5.57. The molecule has 0 radical (unpaired) electrons. The number of methoxy groups -OCH3 is 1. The van der Waals surface area contributed by atoms with Gasteiger partial charge < -0.3 is 9.64 Å². The molecule has 0 spiro atoms. The second-order valence-electron chi connectivity index (χ2n) is 4.06. The summed E-state index contributed by atoms with van der Waals surface area (Å²) in [5.41, 5.74) is 0. The Labute approximate surface area is 96.5 Å². The Hall–Kier alpha value is -0.220. The molecule has 2 atom stereocenters. The lowest BCUT2D eigenvalue weighted by molar-refractivity contribution is -0.146. The number of thioether (sulfide) groups is 1. The molecule has 0 aromatic rings. The zero-order valence-corrected chi connectivity index (χ0v) is 10.7. The van der Waals surface area contributed by atoms with Crippen molar-refractivity contribution in [3.63, 3.8) is 0 Å². The molecule has 1 aliphatic heterocycles. The molecule has 3 nitrogen and oxygen atoms in total. The number of hydrogen-bond acceptors (Lipinski definition) is 4.